The molecule has 2 aliphatic rings. The zero-order valence-corrected chi connectivity index (χ0v) is 20.5. The third-order valence-electron chi connectivity index (χ3n) is 6.31. The van der Waals surface area contributed by atoms with Gasteiger partial charge in [-0.2, -0.15) is 0 Å². The SMILES string of the molecule is Cc1cc(OCC(=O)c2ccc3c(c2)N(CC(=O)NCC2CCCO2)C(=O)CO3)ccc1C(C)C. The normalized spacial score (nSPS) is 17.2. The van der Waals surface area contributed by atoms with Crippen LogP contribution in [-0.4, -0.2) is 56.6 Å². The van der Waals surface area contributed by atoms with E-state index in [4.69, 9.17) is 14.2 Å². The molecule has 35 heavy (non-hydrogen) atoms. The topological polar surface area (TPSA) is 94.2 Å². The molecule has 0 bridgehead atoms. The van der Waals surface area contributed by atoms with E-state index in [-0.39, 0.29) is 43.5 Å². The molecule has 0 spiro atoms. The summed E-state index contributed by atoms with van der Waals surface area (Å²) in [5.41, 5.74) is 3.13. The molecule has 1 fully saturated rings. The smallest absolute Gasteiger partial charge is 0.265 e. The zero-order valence-electron chi connectivity index (χ0n) is 20.5. The minimum Gasteiger partial charge on any atom is -0.485 e. The fraction of sp³-hybridized carbons (Fsp3) is 0.444. The number of ether oxygens (including phenoxy) is 3. The number of benzene rings is 2. The van der Waals surface area contributed by atoms with E-state index in [1.54, 1.807) is 18.2 Å². The number of ketones is 1. The molecule has 4 rings (SSSR count). The maximum Gasteiger partial charge on any atom is 0.265 e. The Hall–Kier alpha value is -3.39. The summed E-state index contributed by atoms with van der Waals surface area (Å²) in [4.78, 5) is 39.3. The van der Waals surface area contributed by atoms with Crippen molar-refractivity contribution in [2.24, 2.45) is 0 Å². The highest BCUT2D eigenvalue weighted by Gasteiger charge is 2.29. The van der Waals surface area contributed by atoms with Crippen LogP contribution < -0.4 is 19.7 Å². The largest absolute Gasteiger partial charge is 0.485 e. The van der Waals surface area contributed by atoms with Crippen LogP contribution in [0.25, 0.3) is 0 Å². The first-order valence-corrected chi connectivity index (χ1v) is 12.0. The molecule has 0 radical (unpaired) electrons. The number of carbonyl (C=O) groups is 3. The number of anilines is 1. The molecule has 2 aromatic rings. The lowest BCUT2D eigenvalue weighted by Crippen LogP contribution is -2.46. The van der Waals surface area contributed by atoms with Gasteiger partial charge in [0.05, 0.1) is 11.8 Å². The van der Waals surface area contributed by atoms with Gasteiger partial charge in [-0.3, -0.25) is 19.3 Å². The highest BCUT2D eigenvalue weighted by Crippen LogP contribution is 2.33. The van der Waals surface area contributed by atoms with E-state index in [2.05, 4.69) is 19.2 Å². The van der Waals surface area contributed by atoms with Crippen LogP contribution >= 0.6 is 0 Å². The van der Waals surface area contributed by atoms with E-state index in [0.717, 1.165) is 18.4 Å². The van der Waals surface area contributed by atoms with E-state index in [9.17, 15) is 14.4 Å². The van der Waals surface area contributed by atoms with Crippen LogP contribution in [0.3, 0.4) is 0 Å². The van der Waals surface area contributed by atoms with Crippen molar-refractivity contribution in [2.45, 2.75) is 45.6 Å². The van der Waals surface area contributed by atoms with Crippen LogP contribution in [0.2, 0.25) is 0 Å². The molecule has 1 unspecified atom stereocenters. The van der Waals surface area contributed by atoms with Gasteiger partial charge in [-0.15, -0.1) is 0 Å². The van der Waals surface area contributed by atoms with Crippen molar-refractivity contribution in [3.05, 3.63) is 53.1 Å². The number of nitrogens with one attached hydrogen (secondary N) is 1. The molecule has 0 saturated carbocycles. The number of rotatable bonds is 9. The molecule has 2 aromatic carbocycles. The van der Waals surface area contributed by atoms with E-state index in [1.807, 2.05) is 25.1 Å². The van der Waals surface area contributed by atoms with Crippen molar-refractivity contribution in [1.82, 2.24) is 5.32 Å². The summed E-state index contributed by atoms with van der Waals surface area (Å²) >= 11 is 0. The standard InChI is InChI=1S/C27H32N2O6/c1-17(2)22-8-7-20(11-18(22)3)34-15-24(30)19-6-9-25-23(12-19)29(27(32)16-35-25)14-26(31)28-13-21-5-4-10-33-21/h6-9,11-12,17,21H,4-5,10,13-16H2,1-3H3,(H,28,31). The molecule has 0 aromatic heterocycles. The van der Waals surface area contributed by atoms with Gasteiger partial charge in [0.1, 0.15) is 18.0 Å². The Kier molecular flexibility index (Phi) is 7.70. The Morgan fingerprint density at radius 3 is 2.74 bits per heavy atom. The lowest BCUT2D eigenvalue weighted by Gasteiger charge is -2.29. The lowest BCUT2D eigenvalue weighted by atomic mass is 9.98. The molecule has 8 heteroatoms. The van der Waals surface area contributed by atoms with Crippen molar-refractivity contribution in [2.75, 3.05) is 37.8 Å². The maximum atomic E-state index is 12.9. The van der Waals surface area contributed by atoms with Crippen molar-refractivity contribution in [3.63, 3.8) is 0 Å². The van der Waals surface area contributed by atoms with E-state index < -0.39 is 0 Å². The molecule has 0 aliphatic carbocycles. The van der Waals surface area contributed by atoms with Crippen molar-refractivity contribution in [3.8, 4) is 11.5 Å². The summed E-state index contributed by atoms with van der Waals surface area (Å²) in [5.74, 6) is 0.620. The number of hydrogen-bond acceptors (Lipinski definition) is 6. The third-order valence-corrected chi connectivity index (χ3v) is 6.31. The lowest BCUT2D eigenvalue weighted by molar-refractivity contribution is -0.125. The van der Waals surface area contributed by atoms with E-state index in [1.165, 1.54) is 10.5 Å². The molecule has 2 aliphatic heterocycles. The van der Waals surface area contributed by atoms with Crippen LogP contribution in [0.1, 0.15) is 54.1 Å². The van der Waals surface area contributed by atoms with Gasteiger partial charge in [-0.25, -0.2) is 0 Å². The maximum absolute atomic E-state index is 12.9. The molecule has 1 N–H and O–H groups in total. The predicted molar refractivity (Wildman–Crippen MR) is 131 cm³/mol. The van der Waals surface area contributed by atoms with Gasteiger partial charge in [-0.1, -0.05) is 19.9 Å². The molecule has 186 valence electrons. The van der Waals surface area contributed by atoms with Crippen molar-refractivity contribution in [1.29, 1.82) is 0 Å². The van der Waals surface area contributed by atoms with Gasteiger partial charge in [0.15, 0.2) is 19.0 Å². The number of aryl methyl sites for hydroxylation is 1. The molecule has 2 heterocycles. The number of nitrogens with zero attached hydrogens (tertiary/aromatic N) is 1. The molecule has 2 amide bonds. The Labute approximate surface area is 205 Å². The van der Waals surface area contributed by atoms with Gasteiger partial charge < -0.3 is 19.5 Å². The second kappa shape index (κ2) is 10.9. The first-order valence-electron chi connectivity index (χ1n) is 12.0. The van der Waals surface area contributed by atoms with Crippen LogP contribution in [0, 0.1) is 6.92 Å². The van der Waals surface area contributed by atoms with Gasteiger partial charge in [-0.05, 0) is 67.1 Å². The number of fused-ring (bicyclic) bond motifs is 1. The van der Waals surface area contributed by atoms with Gasteiger partial charge in [0.25, 0.3) is 5.91 Å². The van der Waals surface area contributed by atoms with Gasteiger partial charge >= 0.3 is 0 Å². The first kappa shape index (κ1) is 24.7. The number of Topliss-reactive ketones (excluding diaryl/α,β-unsaturated/α-hetero) is 1. The highest BCUT2D eigenvalue weighted by molar-refractivity contribution is 6.04. The Bertz CT molecular complexity index is 1110. The molecule has 8 nitrogen and oxygen atoms in total. The van der Waals surface area contributed by atoms with Crippen molar-refractivity contribution < 1.29 is 28.6 Å². The van der Waals surface area contributed by atoms with Crippen LogP contribution in [0.5, 0.6) is 11.5 Å². The summed E-state index contributed by atoms with van der Waals surface area (Å²) in [5, 5.41) is 2.83. The highest BCUT2D eigenvalue weighted by atomic mass is 16.5. The van der Waals surface area contributed by atoms with Crippen LogP contribution in [0.4, 0.5) is 5.69 Å². The minimum absolute atomic E-state index is 0.0150. The molecule has 1 atom stereocenters. The first-order chi connectivity index (χ1) is 16.8. The van der Waals surface area contributed by atoms with E-state index >= 15 is 0 Å². The molecule has 1 saturated heterocycles. The van der Waals surface area contributed by atoms with Gasteiger partial charge in [0.2, 0.25) is 5.91 Å². The average Bonchev–Trinajstić information content (AvgIpc) is 3.36. The number of hydrogen-bond donors (Lipinski definition) is 1. The Balaban J connectivity index is 1.41. The fourth-order valence-corrected chi connectivity index (χ4v) is 4.40. The molecular formula is C27H32N2O6. The zero-order chi connectivity index (χ0) is 24.9. The van der Waals surface area contributed by atoms with Crippen LogP contribution in [-0.2, 0) is 14.3 Å². The predicted octanol–water partition coefficient (Wildman–Crippen LogP) is 3.40. The summed E-state index contributed by atoms with van der Waals surface area (Å²) in [6.45, 7) is 6.95. The summed E-state index contributed by atoms with van der Waals surface area (Å²) in [7, 11) is 0. The van der Waals surface area contributed by atoms with E-state index in [0.29, 0.717) is 41.8 Å². The Morgan fingerprint density at radius 1 is 1.20 bits per heavy atom. The quantitative estimate of drug-likeness (QED) is 0.553. The summed E-state index contributed by atoms with van der Waals surface area (Å²) in [6.07, 6.45) is 1.91. The Morgan fingerprint density at radius 2 is 2.03 bits per heavy atom. The summed E-state index contributed by atoms with van der Waals surface area (Å²) < 4.78 is 16.8. The second-order valence-electron chi connectivity index (χ2n) is 9.28. The number of carbonyl (C=O) groups excluding carboxylic acids is 3. The fourth-order valence-electron chi connectivity index (χ4n) is 4.40. The van der Waals surface area contributed by atoms with Crippen LogP contribution in [0.15, 0.2) is 36.4 Å². The van der Waals surface area contributed by atoms with Gasteiger partial charge in [0, 0.05) is 18.7 Å². The monoisotopic (exact) mass is 480 g/mol. The number of amides is 2. The second-order valence-corrected chi connectivity index (χ2v) is 9.28. The average molecular weight is 481 g/mol. The third kappa shape index (κ3) is 6.00. The summed E-state index contributed by atoms with van der Waals surface area (Å²) in [6, 6.07) is 10.7. The minimum atomic E-state index is -0.341. The molecular weight excluding hydrogens is 448 g/mol. The van der Waals surface area contributed by atoms with Crippen molar-refractivity contribution >= 4 is 23.3 Å².